The molecule has 0 spiro atoms. The van der Waals surface area contributed by atoms with Crippen LogP contribution >= 0.6 is 0 Å². The molecular weight excluding hydrogens is 278 g/mol. The van der Waals surface area contributed by atoms with E-state index in [-0.39, 0.29) is 5.91 Å². The van der Waals surface area contributed by atoms with Crippen molar-refractivity contribution in [3.63, 3.8) is 0 Å². The molecule has 0 saturated carbocycles. The number of pyridine rings is 1. The number of anilines is 1. The minimum atomic E-state index is -0.0355. The summed E-state index contributed by atoms with van der Waals surface area (Å²) in [6.07, 6.45) is 1.67. The van der Waals surface area contributed by atoms with Crippen LogP contribution in [0.2, 0.25) is 0 Å². The third-order valence-corrected chi connectivity index (χ3v) is 3.62. The number of amides is 1. The number of morpholine rings is 1. The molecule has 1 aliphatic rings. The molecule has 114 valence electrons. The van der Waals surface area contributed by atoms with Gasteiger partial charge >= 0.3 is 0 Å². The molecule has 1 amide bonds. The van der Waals surface area contributed by atoms with Crippen molar-refractivity contribution in [1.82, 2.24) is 9.88 Å². The number of hydrogen-bond donors (Lipinski definition) is 1. The van der Waals surface area contributed by atoms with Crippen molar-refractivity contribution in [2.24, 2.45) is 0 Å². The van der Waals surface area contributed by atoms with E-state index in [2.05, 4.69) is 22.4 Å². The maximum absolute atomic E-state index is 12.4. The van der Waals surface area contributed by atoms with Crippen LogP contribution in [0.15, 0.2) is 48.7 Å². The molecule has 5 heteroatoms. The Bertz CT molecular complexity index is 625. The molecule has 1 N–H and O–H groups in total. The van der Waals surface area contributed by atoms with Crippen molar-refractivity contribution in [1.29, 1.82) is 0 Å². The summed E-state index contributed by atoms with van der Waals surface area (Å²) in [6, 6.07) is 13.8. The van der Waals surface area contributed by atoms with Crippen molar-refractivity contribution in [2.45, 2.75) is 6.54 Å². The zero-order chi connectivity index (χ0) is 15.2. The first-order valence-electron chi connectivity index (χ1n) is 7.44. The van der Waals surface area contributed by atoms with Crippen LogP contribution in [-0.2, 0) is 11.3 Å². The average Bonchev–Trinajstić information content (AvgIpc) is 2.61. The molecule has 22 heavy (non-hydrogen) atoms. The van der Waals surface area contributed by atoms with Crippen LogP contribution in [0.25, 0.3) is 0 Å². The fourth-order valence-electron chi connectivity index (χ4n) is 2.39. The second kappa shape index (κ2) is 7.04. The van der Waals surface area contributed by atoms with E-state index in [4.69, 9.17) is 4.74 Å². The summed E-state index contributed by atoms with van der Waals surface area (Å²) < 4.78 is 5.27. The quantitative estimate of drug-likeness (QED) is 0.939. The van der Waals surface area contributed by atoms with Gasteiger partial charge in [-0.2, -0.15) is 0 Å². The summed E-state index contributed by atoms with van der Waals surface area (Å²) in [6.45, 7) is 3.16. The molecule has 0 radical (unpaired) electrons. The highest BCUT2D eigenvalue weighted by Crippen LogP contribution is 2.12. The zero-order valence-electron chi connectivity index (χ0n) is 12.4. The van der Waals surface area contributed by atoms with Gasteiger partial charge in [-0.05, 0) is 17.7 Å². The van der Waals surface area contributed by atoms with Crippen LogP contribution in [0, 0.1) is 0 Å². The molecule has 0 bridgehead atoms. The third-order valence-electron chi connectivity index (χ3n) is 3.62. The SMILES string of the molecule is O=C(c1cc(NCc2ccccc2)ccn1)N1CCOCC1. The van der Waals surface area contributed by atoms with Crippen molar-refractivity contribution in [2.75, 3.05) is 31.6 Å². The Morgan fingerprint density at radius 1 is 1.18 bits per heavy atom. The number of nitrogens with zero attached hydrogens (tertiary/aromatic N) is 2. The standard InChI is InChI=1S/C17H19N3O2/c21-17(20-8-10-22-11-9-20)16-12-15(6-7-18-16)19-13-14-4-2-1-3-5-14/h1-7,12H,8-11,13H2,(H,18,19). The number of nitrogens with one attached hydrogen (secondary N) is 1. The van der Waals surface area contributed by atoms with Crippen LogP contribution in [-0.4, -0.2) is 42.1 Å². The van der Waals surface area contributed by atoms with Crippen molar-refractivity contribution in [3.8, 4) is 0 Å². The predicted octanol–water partition coefficient (Wildman–Crippen LogP) is 2.17. The van der Waals surface area contributed by atoms with E-state index >= 15 is 0 Å². The Morgan fingerprint density at radius 3 is 2.73 bits per heavy atom. The monoisotopic (exact) mass is 297 g/mol. The highest BCUT2D eigenvalue weighted by Gasteiger charge is 2.19. The molecule has 0 aliphatic carbocycles. The van der Waals surface area contributed by atoms with Gasteiger partial charge in [-0.25, -0.2) is 0 Å². The van der Waals surface area contributed by atoms with E-state index in [1.807, 2.05) is 24.3 Å². The maximum atomic E-state index is 12.4. The van der Waals surface area contributed by atoms with E-state index in [1.54, 1.807) is 17.2 Å². The second-order valence-corrected chi connectivity index (χ2v) is 5.17. The fourth-order valence-corrected chi connectivity index (χ4v) is 2.39. The summed E-state index contributed by atoms with van der Waals surface area (Å²) in [5.41, 5.74) is 2.57. The molecule has 0 atom stereocenters. The molecule has 3 rings (SSSR count). The number of aromatic nitrogens is 1. The molecule has 0 unspecified atom stereocenters. The molecule has 1 saturated heterocycles. The van der Waals surface area contributed by atoms with Crippen LogP contribution in [0.1, 0.15) is 16.1 Å². The summed E-state index contributed by atoms with van der Waals surface area (Å²) in [5.74, 6) is -0.0355. The van der Waals surface area contributed by atoms with Crippen LogP contribution in [0.3, 0.4) is 0 Å². The minimum Gasteiger partial charge on any atom is -0.381 e. The first-order valence-corrected chi connectivity index (χ1v) is 7.44. The zero-order valence-corrected chi connectivity index (χ0v) is 12.4. The molecule has 2 heterocycles. The van der Waals surface area contributed by atoms with E-state index in [1.165, 1.54) is 5.56 Å². The van der Waals surface area contributed by atoms with Gasteiger partial charge in [0.05, 0.1) is 13.2 Å². The maximum Gasteiger partial charge on any atom is 0.272 e. The van der Waals surface area contributed by atoms with Crippen molar-refractivity contribution < 1.29 is 9.53 Å². The average molecular weight is 297 g/mol. The largest absolute Gasteiger partial charge is 0.381 e. The Labute approximate surface area is 129 Å². The molecule has 1 aromatic heterocycles. The number of carbonyl (C=O) groups is 1. The van der Waals surface area contributed by atoms with Gasteiger partial charge in [0.1, 0.15) is 5.69 Å². The molecule has 1 fully saturated rings. The normalized spacial score (nSPS) is 14.6. The number of rotatable bonds is 4. The smallest absolute Gasteiger partial charge is 0.272 e. The van der Waals surface area contributed by atoms with Crippen molar-refractivity contribution >= 4 is 11.6 Å². The third kappa shape index (κ3) is 3.62. The summed E-state index contributed by atoms with van der Waals surface area (Å²) in [7, 11) is 0. The summed E-state index contributed by atoms with van der Waals surface area (Å²) >= 11 is 0. The van der Waals surface area contributed by atoms with Gasteiger partial charge in [0, 0.05) is 31.5 Å². The highest BCUT2D eigenvalue weighted by atomic mass is 16.5. The summed E-state index contributed by atoms with van der Waals surface area (Å²) in [5, 5.41) is 3.32. The van der Waals surface area contributed by atoms with E-state index in [0.29, 0.717) is 32.0 Å². The van der Waals surface area contributed by atoms with Gasteiger partial charge in [-0.15, -0.1) is 0 Å². The number of ether oxygens (including phenoxy) is 1. The van der Waals surface area contributed by atoms with Gasteiger partial charge in [0.2, 0.25) is 0 Å². The molecule has 1 aliphatic heterocycles. The summed E-state index contributed by atoms with van der Waals surface area (Å²) in [4.78, 5) is 18.4. The lowest BCUT2D eigenvalue weighted by atomic mass is 10.2. The van der Waals surface area contributed by atoms with Crippen LogP contribution < -0.4 is 5.32 Å². The number of carbonyl (C=O) groups excluding carboxylic acids is 1. The van der Waals surface area contributed by atoms with E-state index in [0.717, 1.165) is 12.2 Å². The van der Waals surface area contributed by atoms with Crippen LogP contribution in [0.5, 0.6) is 0 Å². The first-order chi connectivity index (χ1) is 10.8. The molecule has 1 aromatic carbocycles. The lowest BCUT2D eigenvalue weighted by Gasteiger charge is -2.26. The second-order valence-electron chi connectivity index (χ2n) is 5.17. The Kier molecular flexibility index (Phi) is 4.65. The number of benzene rings is 1. The number of hydrogen-bond acceptors (Lipinski definition) is 4. The molecular formula is C17H19N3O2. The van der Waals surface area contributed by atoms with Gasteiger partial charge in [-0.1, -0.05) is 30.3 Å². The molecule has 2 aromatic rings. The van der Waals surface area contributed by atoms with Gasteiger partial charge < -0.3 is 15.0 Å². The minimum absolute atomic E-state index is 0.0355. The van der Waals surface area contributed by atoms with E-state index < -0.39 is 0 Å². The Hall–Kier alpha value is -2.40. The van der Waals surface area contributed by atoms with Gasteiger partial charge in [0.25, 0.3) is 5.91 Å². The topological polar surface area (TPSA) is 54.5 Å². The highest BCUT2D eigenvalue weighted by molar-refractivity contribution is 5.93. The first kappa shape index (κ1) is 14.5. The lowest BCUT2D eigenvalue weighted by Crippen LogP contribution is -2.41. The van der Waals surface area contributed by atoms with Crippen molar-refractivity contribution in [3.05, 3.63) is 59.9 Å². The lowest BCUT2D eigenvalue weighted by molar-refractivity contribution is 0.0299. The predicted molar refractivity (Wildman–Crippen MR) is 84.7 cm³/mol. The molecule has 5 nitrogen and oxygen atoms in total. The van der Waals surface area contributed by atoms with Gasteiger partial charge in [-0.3, -0.25) is 9.78 Å². The Balaban J connectivity index is 1.65. The Morgan fingerprint density at radius 2 is 1.95 bits per heavy atom. The van der Waals surface area contributed by atoms with Gasteiger partial charge in [0.15, 0.2) is 0 Å². The van der Waals surface area contributed by atoms with E-state index in [9.17, 15) is 4.79 Å². The van der Waals surface area contributed by atoms with Crippen LogP contribution in [0.4, 0.5) is 5.69 Å². The fraction of sp³-hybridized carbons (Fsp3) is 0.294.